The fourth-order valence-electron chi connectivity index (χ4n) is 3.03. The van der Waals surface area contributed by atoms with Gasteiger partial charge in [0.25, 0.3) is 0 Å². The van der Waals surface area contributed by atoms with E-state index in [1.165, 1.54) is 19.4 Å². The highest BCUT2D eigenvalue weighted by Gasteiger charge is 2.32. The van der Waals surface area contributed by atoms with E-state index in [9.17, 15) is 34.2 Å². The number of imidazole rings is 1. The lowest BCUT2D eigenvalue weighted by atomic mass is 10.1. The number of hydrogen-bond acceptors (Lipinski definition) is 9. The summed E-state index contributed by atoms with van der Waals surface area (Å²) in [6, 6.07) is -5.59. The topological polar surface area (TPSA) is 307 Å². The minimum absolute atomic E-state index is 0.0137. The molecule has 5 atom stereocenters. The Balaban J connectivity index is 3.05. The van der Waals surface area contributed by atoms with Gasteiger partial charge < -0.3 is 54.1 Å². The average Bonchev–Trinajstić information content (AvgIpc) is 3.31. The zero-order chi connectivity index (χ0) is 28.1. The number of aliphatic hydroxyl groups excluding tert-OH is 1. The number of aliphatic imine (C=N–C) groups is 1. The second-order valence-corrected chi connectivity index (χ2v) is 8.19. The number of rotatable bonds is 16. The van der Waals surface area contributed by atoms with Crippen molar-refractivity contribution in [2.24, 2.45) is 27.9 Å². The molecule has 17 heteroatoms. The maximum absolute atomic E-state index is 13.0. The lowest BCUT2D eigenvalue weighted by molar-refractivity contribution is -0.142. The molecular weight excluding hydrogens is 492 g/mol. The fraction of sp³-hybridized carbons (Fsp3) is 0.550. The average molecular weight is 527 g/mol. The van der Waals surface area contributed by atoms with Crippen LogP contribution in [0.5, 0.6) is 0 Å². The third-order valence-corrected chi connectivity index (χ3v) is 5.03. The summed E-state index contributed by atoms with van der Waals surface area (Å²) in [5.74, 6) is -5.18. The van der Waals surface area contributed by atoms with Gasteiger partial charge in [-0.05, 0) is 19.8 Å². The van der Waals surface area contributed by atoms with Crippen LogP contribution in [-0.4, -0.2) is 92.6 Å². The molecule has 0 radical (unpaired) electrons. The molecule has 0 bridgehead atoms. The molecule has 0 aliphatic carbocycles. The van der Waals surface area contributed by atoms with Crippen LogP contribution in [0, 0.1) is 0 Å². The Morgan fingerprint density at radius 1 is 1.03 bits per heavy atom. The number of guanidine groups is 1. The number of nitrogens with zero attached hydrogens (tertiary/aromatic N) is 2. The summed E-state index contributed by atoms with van der Waals surface area (Å²) in [6.07, 6.45) is 0.928. The standard InChI is InChI=1S/C20H34N10O7/c1-9(31)15(22)18(35)30-13(6-14(21)32)17(34)29-12(5-10-7-25-8-27-10)16(33)28-11(19(36)37)3-2-4-26-20(23)24/h7-9,11-13,15,31H,2-6,22H2,1H3,(H2,21,32)(H,25,27)(H,28,33)(H,29,34)(H,30,35)(H,36,37)(H4,23,24,26). The monoisotopic (exact) mass is 526 g/mol. The zero-order valence-electron chi connectivity index (χ0n) is 20.2. The van der Waals surface area contributed by atoms with Gasteiger partial charge in [0.05, 0.1) is 18.9 Å². The molecule has 0 aliphatic rings. The summed E-state index contributed by atoms with van der Waals surface area (Å²) in [4.78, 5) is 71.7. The molecular formula is C20H34N10O7. The first-order valence-corrected chi connectivity index (χ1v) is 11.2. The van der Waals surface area contributed by atoms with Gasteiger partial charge in [0.2, 0.25) is 23.6 Å². The van der Waals surface area contributed by atoms with Crippen molar-refractivity contribution in [1.29, 1.82) is 0 Å². The number of aliphatic carboxylic acids is 1. The van der Waals surface area contributed by atoms with Gasteiger partial charge in [0.15, 0.2) is 5.96 Å². The molecule has 1 aromatic rings. The van der Waals surface area contributed by atoms with E-state index in [1.807, 2.05) is 0 Å². The van der Waals surface area contributed by atoms with Crippen LogP contribution >= 0.6 is 0 Å². The maximum atomic E-state index is 13.0. The van der Waals surface area contributed by atoms with Gasteiger partial charge in [-0.25, -0.2) is 9.78 Å². The van der Waals surface area contributed by atoms with E-state index in [1.54, 1.807) is 0 Å². The number of aromatic amines is 1. The Morgan fingerprint density at radius 3 is 2.14 bits per heavy atom. The number of aliphatic hydroxyl groups is 1. The van der Waals surface area contributed by atoms with Gasteiger partial charge in [-0.3, -0.25) is 24.2 Å². The minimum atomic E-state index is -1.53. The lowest BCUT2D eigenvalue weighted by Crippen LogP contribution is -2.59. The Bertz CT molecular complexity index is 963. The molecule has 0 aromatic carbocycles. The Kier molecular flexibility index (Phi) is 12.5. The minimum Gasteiger partial charge on any atom is -0.480 e. The van der Waals surface area contributed by atoms with Crippen molar-refractivity contribution in [2.45, 2.75) is 62.9 Å². The fourth-order valence-corrected chi connectivity index (χ4v) is 3.03. The number of nitrogens with two attached hydrogens (primary N) is 4. The molecule has 0 saturated heterocycles. The number of carboxylic acids is 1. The first-order chi connectivity index (χ1) is 17.3. The number of carbonyl (C=O) groups excluding carboxylic acids is 4. The molecule has 0 saturated carbocycles. The quantitative estimate of drug-likeness (QED) is 0.0553. The van der Waals surface area contributed by atoms with E-state index in [0.717, 1.165) is 0 Å². The summed E-state index contributed by atoms with van der Waals surface area (Å²) in [6.45, 7) is 1.40. The van der Waals surface area contributed by atoms with Crippen molar-refractivity contribution in [1.82, 2.24) is 25.9 Å². The van der Waals surface area contributed by atoms with Crippen LogP contribution in [-0.2, 0) is 30.4 Å². The van der Waals surface area contributed by atoms with Crippen LogP contribution in [0.25, 0.3) is 0 Å². The predicted octanol–water partition coefficient (Wildman–Crippen LogP) is -4.87. The van der Waals surface area contributed by atoms with E-state index in [4.69, 9.17) is 22.9 Å². The number of amides is 4. The van der Waals surface area contributed by atoms with Crippen LogP contribution in [0.3, 0.4) is 0 Å². The molecule has 1 aromatic heterocycles. The van der Waals surface area contributed by atoms with E-state index in [0.29, 0.717) is 5.69 Å². The van der Waals surface area contributed by atoms with Crippen LogP contribution in [0.2, 0.25) is 0 Å². The normalized spacial score (nSPS) is 14.8. The van der Waals surface area contributed by atoms with Gasteiger partial charge in [-0.15, -0.1) is 0 Å². The van der Waals surface area contributed by atoms with Crippen LogP contribution in [0.1, 0.15) is 31.9 Å². The molecule has 14 N–H and O–H groups in total. The summed E-state index contributed by atoms with van der Waals surface area (Å²) in [7, 11) is 0. The number of carboxylic acid groups (broad SMARTS) is 1. The van der Waals surface area contributed by atoms with E-state index in [-0.39, 0.29) is 31.8 Å². The van der Waals surface area contributed by atoms with Crippen molar-refractivity contribution in [3.05, 3.63) is 18.2 Å². The smallest absolute Gasteiger partial charge is 0.326 e. The Morgan fingerprint density at radius 2 is 1.62 bits per heavy atom. The van der Waals surface area contributed by atoms with Gasteiger partial charge >= 0.3 is 5.97 Å². The molecule has 17 nitrogen and oxygen atoms in total. The molecule has 0 spiro atoms. The highest BCUT2D eigenvalue weighted by molar-refractivity contribution is 5.96. The number of aromatic nitrogens is 2. The van der Waals surface area contributed by atoms with Crippen molar-refractivity contribution in [2.75, 3.05) is 6.54 Å². The van der Waals surface area contributed by atoms with E-state index < -0.39 is 66.3 Å². The molecule has 1 heterocycles. The maximum Gasteiger partial charge on any atom is 0.326 e. The van der Waals surface area contributed by atoms with Crippen molar-refractivity contribution in [3.63, 3.8) is 0 Å². The largest absolute Gasteiger partial charge is 0.480 e. The first-order valence-electron chi connectivity index (χ1n) is 11.2. The third kappa shape index (κ3) is 11.4. The molecule has 37 heavy (non-hydrogen) atoms. The van der Waals surface area contributed by atoms with E-state index >= 15 is 0 Å². The van der Waals surface area contributed by atoms with Crippen molar-refractivity contribution >= 4 is 35.6 Å². The third-order valence-electron chi connectivity index (χ3n) is 5.03. The first kappa shape index (κ1) is 30.8. The number of H-pyrrole nitrogens is 1. The Labute approximate surface area is 211 Å². The van der Waals surface area contributed by atoms with Crippen molar-refractivity contribution < 1.29 is 34.2 Å². The van der Waals surface area contributed by atoms with Gasteiger partial charge in [0.1, 0.15) is 24.2 Å². The highest BCUT2D eigenvalue weighted by atomic mass is 16.4. The SMILES string of the molecule is CC(O)C(N)C(=O)NC(CC(N)=O)C(=O)NC(Cc1cnc[nH]1)C(=O)NC(CCCN=C(N)N)C(=O)O. The van der Waals surface area contributed by atoms with Crippen LogP contribution < -0.4 is 38.9 Å². The number of nitrogens with one attached hydrogen (secondary N) is 4. The second-order valence-electron chi connectivity index (χ2n) is 8.19. The molecule has 206 valence electrons. The summed E-state index contributed by atoms with van der Waals surface area (Å²) in [5.41, 5.74) is 21.6. The lowest BCUT2D eigenvalue weighted by Gasteiger charge is -2.25. The van der Waals surface area contributed by atoms with Gasteiger partial charge in [0, 0.05) is 24.9 Å². The molecule has 0 fully saturated rings. The molecule has 1 rings (SSSR count). The number of primary amides is 1. The summed E-state index contributed by atoms with van der Waals surface area (Å²) < 4.78 is 0. The number of carbonyl (C=O) groups is 5. The van der Waals surface area contributed by atoms with Gasteiger partial charge in [-0.1, -0.05) is 0 Å². The summed E-state index contributed by atoms with van der Waals surface area (Å²) >= 11 is 0. The highest BCUT2D eigenvalue weighted by Crippen LogP contribution is 2.05. The van der Waals surface area contributed by atoms with E-state index in [2.05, 4.69) is 30.9 Å². The molecule has 5 unspecified atom stereocenters. The van der Waals surface area contributed by atoms with Crippen LogP contribution in [0.4, 0.5) is 0 Å². The number of hydrogen-bond donors (Lipinski definition) is 10. The second kappa shape index (κ2) is 15.0. The predicted molar refractivity (Wildman–Crippen MR) is 129 cm³/mol. The molecule has 0 aliphatic heterocycles. The van der Waals surface area contributed by atoms with Crippen LogP contribution in [0.15, 0.2) is 17.5 Å². The van der Waals surface area contributed by atoms with Crippen molar-refractivity contribution in [3.8, 4) is 0 Å². The van der Waals surface area contributed by atoms with Gasteiger partial charge in [-0.2, -0.15) is 0 Å². The summed E-state index contributed by atoms with van der Waals surface area (Å²) in [5, 5.41) is 26.0. The zero-order valence-corrected chi connectivity index (χ0v) is 20.2. The molecule has 4 amide bonds. The Hall–Kier alpha value is -4.25.